The molecular formula is C15H25NO2S. The molecule has 4 heteroatoms. The number of benzene rings is 1. The van der Waals surface area contributed by atoms with Crippen LogP contribution in [0.25, 0.3) is 0 Å². The third-order valence-corrected chi connectivity index (χ3v) is 5.85. The highest BCUT2D eigenvalue weighted by Crippen LogP contribution is 2.17. The molecule has 1 N–H and O–H groups in total. The lowest BCUT2D eigenvalue weighted by Crippen LogP contribution is -2.41. The van der Waals surface area contributed by atoms with Crippen molar-refractivity contribution in [3.63, 3.8) is 0 Å². The normalized spacial score (nSPS) is 12.7. The lowest BCUT2D eigenvalue weighted by atomic mass is 10.00. The van der Waals surface area contributed by atoms with Crippen LogP contribution in [-0.2, 0) is 16.4 Å². The van der Waals surface area contributed by atoms with Crippen LogP contribution in [0.5, 0.6) is 0 Å². The molecule has 0 saturated heterocycles. The quantitative estimate of drug-likeness (QED) is 0.903. The molecule has 0 bridgehead atoms. The first-order valence-electron chi connectivity index (χ1n) is 6.51. The van der Waals surface area contributed by atoms with Crippen LogP contribution in [-0.4, -0.2) is 26.0 Å². The summed E-state index contributed by atoms with van der Waals surface area (Å²) in [6.07, 6.45) is 1.29. The number of hydrogen-bond acceptors (Lipinski definition) is 3. The standard InChI is InChI=1S/C15H25NO2S/c1-11-7-12(2)14(13(3)8-11)9-16-10-15(4,5)19(6,17)18/h7-8,16H,9-10H2,1-6H3. The van der Waals surface area contributed by atoms with Gasteiger partial charge in [0.25, 0.3) is 0 Å². The molecule has 0 aliphatic carbocycles. The molecule has 19 heavy (non-hydrogen) atoms. The summed E-state index contributed by atoms with van der Waals surface area (Å²) in [5.74, 6) is 0. The van der Waals surface area contributed by atoms with E-state index in [9.17, 15) is 8.42 Å². The Morgan fingerprint density at radius 2 is 1.58 bits per heavy atom. The molecule has 0 amide bonds. The van der Waals surface area contributed by atoms with Gasteiger partial charge in [0, 0.05) is 19.3 Å². The summed E-state index contributed by atoms with van der Waals surface area (Å²) in [5, 5.41) is 3.27. The van der Waals surface area contributed by atoms with E-state index < -0.39 is 14.6 Å². The number of nitrogens with one attached hydrogen (secondary N) is 1. The van der Waals surface area contributed by atoms with Gasteiger partial charge < -0.3 is 5.32 Å². The smallest absolute Gasteiger partial charge is 0.153 e. The summed E-state index contributed by atoms with van der Waals surface area (Å²) in [7, 11) is -3.05. The summed E-state index contributed by atoms with van der Waals surface area (Å²) >= 11 is 0. The van der Waals surface area contributed by atoms with Crippen LogP contribution in [0.3, 0.4) is 0 Å². The topological polar surface area (TPSA) is 46.2 Å². The zero-order valence-electron chi connectivity index (χ0n) is 12.8. The second-order valence-electron chi connectivity index (χ2n) is 6.01. The average Bonchev–Trinajstić information content (AvgIpc) is 2.20. The van der Waals surface area contributed by atoms with Gasteiger partial charge in [-0.2, -0.15) is 0 Å². The largest absolute Gasteiger partial charge is 0.311 e. The molecule has 0 unspecified atom stereocenters. The molecule has 3 nitrogen and oxygen atoms in total. The molecule has 0 aliphatic heterocycles. The second kappa shape index (κ2) is 5.63. The molecule has 0 atom stereocenters. The summed E-state index contributed by atoms with van der Waals surface area (Å²) in [6.45, 7) is 10.9. The van der Waals surface area contributed by atoms with Crippen molar-refractivity contribution in [2.24, 2.45) is 0 Å². The van der Waals surface area contributed by atoms with Gasteiger partial charge in [0.05, 0.1) is 4.75 Å². The van der Waals surface area contributed by atoms with E-state index in [4.69, 9.17) is 0 Å². The van der Waals surface area contributed by atoms with E-state index in [-0.39, 0.29) is 0 Å². The maximum absolute atomic E-state index is 11.6. The Kier molecular flexibility index (Phi) is 4.80. The zero-order chi connectivity index (χ0) is 14.8. The van der Waals surface area contributed by atoms with Gasteiger partial charge in [0.2, 0.25) is 0 Å². The van der Waals surface area contributed by atoms with Crippen molar-refractivity contribution < 1.29 is 8.42 Å². The summed E-state index contributed by atoms with van der Waals surface area (Å²) < 4.78 is 22.5. The van der Waals surface area contributed by atoms with Crippen molar-refractivity contribution in [3.8, 4) is 0 Å². The van der Waals surface area contributed by atoms with Crippen LogP contribution < -0.4 is 5.32 Å². The fourth-order valence-corrected chi connectivity index (χ4v) is 2.47. The lowest BCUT2D eigenvalue weighted by Gasteiger charge is -2.23. The van der Waals surface area contributed by atoms with Gasteiger partial charge in [-0.3, -0.25) is 0 Å². The number of sulfone groups is 1. The highest BCUT2D eigenvalue weighted by Gasteiger charge is 2.29. The molecule has 0 fully saturated rings. The third kappa shape index (κ3) is 4.05. The second-order valence-corrected chi connectivity index (χ2v) is 8.66. The predicted octanol–water partition coefficient (Wildman–Crippen LogP) is 2.52. The molecule has 0 saturated carbocycles. The van der Waals surface area contributed by atoms with Crippen LogP contribution >= 0.6 is 0 Å². The number of rotatable bonds is 5. The van der Waals surface area contributed by atoms with Gasteiger partial charge in [-0.15, -0.1) is 0 Å². The van der Waals surface area contributed by atoms with E-state index in [1.54, 1.807) is 13.8 Å². The van der Waals surface area contributed by atoms with Crippen molar-refractivity contribution in [1.82, 2.24) is 5.32 Å². The molecule has 1 aromatic carbocycles. The summed E-state index contributed by atoms with van der Waals surface area (Å²) in [5.41, 5.74) is 5.02. The zero-order valence-corrected chi connectivity index (χ0v) is 13.6. The van der Waals surface area contributed by atoms with Crippen molar-refractivity contribution >= 4 is 9.84 Å². The Bertz CT molecular complexity index is 537. The molecular weight excluding hydrogens is 258 g/mol. The van der Waals surface area contributed by atoms with Crippen molar-refractivity contribution in [3.05, 3.63) is 34.4 Å². The Morgan fingerprint density at radius 3 is 2.00 bits per heavy atom. The number of hydrogen-bond donors (Lipinski definition) is 1. The first kappa shape index (κ1) is 16.2. The molecule has 0 aliphatic rings. The molecule has 0 radical (unpaired) electrons. The Morgan fingerprint density at radius 1 is 1.11 bits per heavy atom. The Balaban J connectivity index is 2.75. The molecule has 0 aromatic heterocycles. The first-order chi connectivity index (χ1) is 8.54. The van der Waals surface area contributed by atoms with E-state index in [0.717, 1.165) is 0 Å². The lowest BCUT2D eigenvalue weighted by molar-refractivity contribution is 0.521. The van der Waals surface area contributed by atoms with Crippen LogP contribution in [0, 0.1) is 20.8 Å². The van der Waals surface area contributed by atoms with Crippen molar-refractivity contribution in [2.45, 2.75) is 45.9 Å². The van der Waals surface area contributed by atoms with Crippen molar-refractivity contribution in [1.29, 1.82) is 0 Å². The Labute approximate surface area is 117 Å². The van der Waals surface area contributed by atoms with Crippen LogP contribution in [0.1, 0.15) is 36.1 Å². The highest BCUT2D eigenvalue weighted by molar-refractivity contribution is 7.92. The molecule has 1 rings (SSSR count). The Hall–Kier alpha value is -0.870. The summed E-state index contributed by atoms with van der Waals surface area (Å²) in [6, 6.07) is 4.32. The van der Waals surface area contributed by atoms with Gasteiger partial charge >= 0.3 is 0 Å². The van der Waals surface area contributed by atoms with Crippen LogP contribution in [0.4, 0.5) is 0 Å². The summed E-state index contributed by atoms with van der Waals surface area (Å²) in [4.78, 5) is 0. The van der Waals surface area contributed by atoms with Gasteiger partial charge in [0.15, 0.2) is 9.84 Å². The molecule has 108 valence electrons. The maximum Gasteiger partial charge on any atom is 0.153 e. The minimum atomic E-state index is -3.05. The van der Waals surface area contributed by atoms with Gasteiger partial charge in [-0.1, -0.05) is 17.7 Å². The van der Waals surface area contributed by atoms with E-state index >= 15 is 0 Å². The van der Waals surface area contributed by atoms with E-state index in [2.05, 4.69) is 38.2 Å². The van der Waals surface area contributed by atoms with Crippen molar-refractivity contribution in [2.75, 3.05) is 12.8 Å². The van der Waals surface area contributed by atoms with Gasteiger partial charge in [-0.25, -0.2) is 8.42 Å². The fraction of sp³-hybridized carbons (Fsp3) is 0.600. The van der Waals surface area contributed by atoms with E-state index in [1.165, 1.54) is 28.5 Å². The fourth-order valence-electron chi connectivity index (χ4n) is 2.11. The highest BCUT2D eigenvalue weighted by atomic mass is 32.2. The molecule has 1 aromatic rings. The predicted molar refractivity (Wildman–Crippen MR) is 81.3 cm³/mol. The van der Waals surface area contributed by atoms with Crippen LogP contribution in [0.2, 0.25) is 0 Å². The third-order valence-electron chi connectivity index (χ3n) is 3.70. The van der Waals surface area contributed by atoms with Gasteiger partial charge in [0.1, 0.15) is 0 Å². The van der Waals surface area contributed by atoms with E-state index in [1.807, 2.05) is 0 Å². The molecule has 0 heterocycles. The SMILES string of the molecule is Cc1cc(C)c(CNCC(C)(C)S(C)(=O)=O)c(C)c1. The average molecular weight is 283 g/mol. The van der Waals surface area contributed by atoms with Gasteiger partial charge in [-0.05, 0) is 51.3 Å². The van der Waals surface area contributed by atoms with Crippen LogP contribution in [0.15, 0.2) is 12.1 Å². The first-order valence-corrected chi connectivity index (χ1v) is 8.41. The maximum atomic E-state index is 11.6. The minimum absolute atomic E-state index is 0.457. The minimum Gasteiger partial charge on any atom is -0.311 e. The number of aryl methyl sites for hydroxylation is 3. The molecule has 0 spiro atoms. The van der Waals surface area contributed by atoms with E-state index in [0.29, 0.717) is 13.1 Å². The monoisotopic (exact) mass is 283 g/mol.